The van der Waals surface area contributed by atoms with Crippen molar-refractivity contribution in [1.29, 1.82) is 0 Å². The van der Waals surface area contributed by atoms with Crippen LogP contribution in [0.1, 0.15) is 90.5 Å². The van der Waals surface area contributed by atoms with Gasteiger partial charge in [-0.1, -0.05) is 26.8 Å². The molecule has 5 rings (SSSR count). The van der Waals surface area contributed by atoms with Gasteiger partial charge in [0.25, 0.3) is 0 Å². The zero-order valence-corrected chi connectivity index (χ0v) is 25.5. The lowest BCUT2D eigenvalue weighted by Crippen LogP contribution is -2.58. The fourth-order valence-corrected chi connectivity index (χ4v) is 10.2. The van der Waals surface area contributed by atoms with E-state index < -0.39 is 0 Å². The van der Waals surface area contributed by atoms with E-state index in [1.54, 1.807) is 14.2 Å². The minimum Gasteiger partial charge on any atom is -0.493 e. The maximum Gasteiger partial charge on any atom is 0.220 e. The molecule has 4 fully saturated rings. The fraction of sp³-hybridized carbons (Fsp3) is 0.794. The predicted octanol–water partition coefficient (Wildman–Crippen LogP) is 5.77. The smallest absolute Gasteiger partial charge is 0.220 e. The van der Waals surface area contributed by atoms with Crippen molar-refractivity contribution in [3.8, 4) is 11.5 Å². The summed E-state index contributed by atoms with van der Waals surface area (Å²) in [5, 5.41) is 25.2. The number of hydrogen-bond donors (Lipinski definition) is 3. The summed E-state index contributed by atoms with van der Waals surface area (Å²) in [4.78, 5) is 12.8. The average Bonchev–Trinajstić information content (AvgIpc) is 3.31. The Morgan fingerprint density at radius 2 is 1.80 bits per heavy atom. The molecule has 4 saturated carbocycles. The summed E-state index contributed by atoms with van der Waals surface area (Å²) in [6.07, 6.45) is 10.5. The van der Waals surface area contributed by atoms with Crippen molar-refractivity contribution in [2.45, 2.75) is 104 Å². The first-order valence-corrected chi connectivity index (χ1v) is 16.0. The second kappa shape index (κ2) is 11.8. The van der Waals surface area contributed by atoms with E-state index >= 15 is 0 Å². The highest BCUT2D eigenvalue weighted by Gasteiger charge is 2.63. The summed E-state index contributed by atoms with van der Waals surface area (Å²) in [6, 6.07) is 5.88. The molecular formula is C34H53NO5. The molecule has 0 heterocycles. The summed E-state index contributed by atoms with van der Waals surface area (Å²) >= 11 is 0. The quantitative estimate of drug-likeness (QED) is 0.360. The lowest BCUT2D eigenvalue weighted by atomic mass is 9.43. The van der Waals surface area contributed by atoms with E-state index in [9.17, 15) is 15.0 Å². The molecule has 0 aliphatic heterocycles. The van der Waals surface area contributed by atoms with Gasteiger partial charge in [-0.25, -0.2) is 0 Å². The number of benzene rings is 1. The van der Waals surface area contributed by atoms with Crippen molar-refractivity contribution in [3.63, 3.8) is 0 Å². The molecule has 3 N–H and O–H groups in total. The first kappa shape index (κ1) is 29.7. The van der Waals surface area contributed by atoms with E-state index in [2.05, 4.69) is 26.1 Å². The van der Waals surface area contributed by atoms with Gasteiger partial charge in [-0.3, -0.25) is 4.79 Å². The van der Waals surface area contributed by atoms with Gasteiger partial charge in [0.1, 0.15) is 0 Å². The summed E-state index contributed by atoms with van der Waals surface area (Å²) in [5.74, 6) is 4.87. The SMILES string of the molecule is COc1ccc(CCNC(=O)CC[C@@H](C)[C@H]2CC[C@H]3[C@@H]4CC[C@@H]5C[C@H](O)CC[C@]5(C)[C@H]4C[C@H](O)[C@]23C)cc1OC. The van der Waals surface area contributed by atoms with Crippen molar-refractivity contribution in [1.82, 2.24) is 5.32 Å². The average molecular weight is 556 g/mol. The Hall–Kier alpha value is -1.79. The first-order chi connectivity index (χ1) is 19.1. The minimum atomic E-state index is -0.272. The normalized spacial score (nSPS) is 39.4. The minimum absolute atomic E-state index is 0.0537. The van der Waals surface area contributed by atoms with Crippen molar-refractivity contribution in [2.75, 3.05) is 20.8 Å². The highest BCUT2D eigenvalue weighted by molar-refractivity contribution is 5.75. The van der Waals surface area contributed by atoms with Gasteiger partial charge in [0, 0.05) is 13.0 Å². The number of fused-ring (bicyclic) bond motifs is 5. The van der Waals surface area contributed by atoms with E-state index in [0.717, 1.165) is 44.1 Å². The first-order valence-electron chi connectivity index (χ1n) is 16.0. The topological polar surface area (TPSA) is 88.0 Å². The highest BCUT2D eigenvalue weighted by Crippen LogP contribution is 2.68. The van der Waals surface area contributed by atoms with E-state index in [1.165, 1.54) is 25.7 Å². The molecule has 10 atom stereocenters. The van der Waals surface area contributed by atoms with Gasteiger partial charge in [-0.05, 0) is 128 Å². The van der Waals surface area contributed by atoms with Crippen LogP contribution < -0.4 is 14.8 Å². The van der Waals surface area contributed by atoms with Gasteiger partial charge in [-0.15, -0.1) is 0 Å². The predicted molar refractivity (Wildman–Crippen MR) is 157 cm³/mol. The van der Waals surface area contributed by atoms with Crippen LogP contribution in [0.2, 0.25) is 0 Å². The van der Waals surface area contributed by atoms with Gasteiger partial charge in [0.05, 0.1) is 26.4 Å². The number of amides is 1. The molecule has 0 spiro atoms. The number of aliphatic hydroxyl groups is 2. The lowest BCUT2D eigenvalue weighted by Gasteiger charge is -2.62. The zero-order chi connectivity index (χ0) is 28.7. The number of aliphatic hydroxyl groups excluding tert-OH is 2. The molecule has 6 nitrogen and oxygen atoms in total. The van der Waals surface area contributed by atoms with Crippen LogP contribution in [0.4, 0.5) is 0 Å². The second-order valence-electron chi connectivity index (χ2n) is 14.2. The van der Waals surface area contributed by atoms with Crippen molar-refractivity contribution in [3.05, 3.63) is 23.8 Å². The van der Waals surface area contributed by atoms with Crippen molar-refractivity contribution < 1.29 is 24.5 Å². The molecule has 0 unspecified atom stereocenters. The Morgan fingerprint density at radius 1 is 1.02 bits per heavy atom. The van der Waals surface area contributed by atoms with Crippen LogP contribution in [0.3, 0.4) is 0 Å². The van der Waals surface area contributed by atoms with Gasteiger partial charge in [0.15, 0.2) is 11.5 Å². The van der Waals surface area contributed by atoms with Gasteiger partial charge < -0.3 is 25.0 Å². The number of ether oxygens (including phenoxy) is 2. The zero-order valence-electron chi connectivity index (χ0n) is 25.5. The summed E-state index contributed by atoms with van der Waals surface area (Å²) in [5.41, 5.74) is 1.32. The number of carbonyl (C=O) groups excluding carboxylic acids is 1. The van der Waals surface area contributed by atoms with Crippen LogP contribution in [-0.4, -0.2) is 49.1 Å². The summed E-state index contributed by atoms with van der Waals surface area (Å²) in [6.45, 7) is 7.78. The Morgan fingerprint density at radius 3 is 2.55 bits per heavy atom. The number of hydrogen-bond acceptors (Lipinski definition) is 5. The maximum absolute atomic E-state index is 12.8. The molecule has 224 valence electrons. The maximum atomic E-state index is 12.8. The third kappa shape index (κ3) is 5.28. The summed E-state index contributed by atoms with van der Waals surface area (Å²) in [7, 11) is 3.26. The molecule has 40 heavy (non-hydrogen) atoms. The molecule has 0 saturated heterocycles. The van der Waals surface area contributed by atoms with E-state index in [-0.39, 0.29) is 28.9 Å². The molecule has 4 aliphatic carbocycles. The number of nitrogens with one attached hydrogen (secondary N) is 1. The van der Waals surface area contributed by atoms with Crippen molar-refractivity contribution >= 4 is 5.91 Å². The van der Waals surface area contributed by atoms with Crippen LogP contribution in [-0.2, 0) is 11.2 Å². The lowest BCUT2D eigenvalue weighted by molar-refractivity contribution is -0.174. The van der Waals surface area contributed by atoms with Crippen LogP contribution in [0, 0.1) is 46.3 Å². The van der Waals surface area contributed by atoms with Crippen LogP contribution in [0.15, 0.2) is 18.2 Å². The van der Waals surface area contributed by atoms with E-state index in [1.807, 2.05) is 18.2 Å². The Bertz CT molecular complexity index is 1050. The third-order valence-corrected chi connectivity index (χ3v) is 12.5. The third-order valence-electron chi connectivity index (χ3n) is 12.5. The van der Waals surface area contributed by atoms with Crippen LogP contribution >= 0.6 is 0 Å². The molecule has 4 aliphatic rings. The van der Waals surface area contributed by atoms with Gasteiger partial charge >= 0.3 is 0 Å². The number of methoxy groups -OCH3 is 2. The molecular weight excluding hydrogens is 502 g/mol. The Balaban J connectivity index is 1.15. The molecule has 0 aromatic heterocycles. The Labute approximate surface area is 241 Å². The molecule has 1 amide bonds. The van der Waals surface area contributed by atoms with E-state index in [4.69, 9.17) is 9.47 Å². The van der Waals surface area contributed by atoms with Crippen LogP contribution in [0.25, 0.3) is 0 Å². The van der Waals surface area contributed by atoms with Gasteiger partial charge in [-0.2, -0.15) is 0 Å². The standard InChI is InChI=1S/C34H53NO5/c1-21(6-13-32(38)35-17-15-22-7-12-29(39-4)30(18-22)40-5)26-10-11-27-25-9-8-23-19-24(36)14-16-33(23,2)28(25)20-31(37)34(26,27)3/h7,12,18,21,23-28,31,36-37H,6,8-11,13-17,19-20H2,1-5H3,(H,35,38)/t21-,23-,24-,25+,26-,27+,28+,31+,33+,34-/m1/s1. The fourth-order valence-electron chi connectivity index (χ4n) is 10.2. The van der Waals surface area contributed by atoms with Gasteiger partial charge in [0.2, 0.25) is 5.91 Å². The molecule has 0 radical (unpaired) electrons. The summed E-state index contributed by atoms with van der Waals surface area (Å²) < 4.78 is 10.7. The largest absolute Gasteiger partial charge is 0.493 e. The van der Waals surface area contributed by atoms with Crippen LogP contribution in [0.5, 0.6) is 11.5 Å². The monoisotopic (exact) mass is 555 g/mol. The number of carbonyl (C=O) groups is 1. The second-order valence-corrected chi connectivity index (χ2v) is 14.2. The molecule has 1 aromatic rings. The Kier molecular flexibility index (Phi) is 8.78. The molecule has 0 bridgehead atoms. The van der Waals surface area contributed by atoms with Crippen molar-refractivity contribution in [2.24, 2.45) is 46.3 Å². The molecule has 1 aromatic carbocycles. The number of rotatable bonds is 9. The highest BCUT2D eigenvalue weighted by atomic mass is 16.5. The molecule has 6 heteroatoms. The van der Waals surface area contributed by atoms with E-state index in [0.29, 0.717) is 60.0 Å².